The number of thiazole rings is 1. The number of carbonyl (C=O) groups is 1. The van der Waals surface area contributed by atoms with E-state index in [0.29, 0.717) is 18.0 Å². The van der Waals surface area contributed by atoms with E-state index in [4.69, 9.17) is 14.2 Å². The number of hydrogen-bond acceptors (Lipinski definition) is 7. The van der Waals surface area contributed by atoms with Crippen molar-refractivity contribution in [3.05, 3.63) is 34.3 Å². The Morgan fingerprint density at radius 1 is 1.16 bits per heavy atom. The van der Waals surface area contributed by atoms with Gasteiger partial charge < -0.3 is 19.1 Å². The van der Waals surface area contributed by atoms with Gasteiger partial charge in [-0.2, -0.15) is 0 Å². The highest BCUT2D eigenvalue weighted by molar-refractivity contribution is 7.07. The molecule has 2 fully saturated rings. The second kappa shape index (κ2) is 9.04. The van der Waals surface area contributed by atoms with E-state index in [0.717, 1.165) is 55.9 Å². The van der Waals surface area contributed by atoms with Gasteiger partial charge in [-0.05, 0) is 43.8 Å². The molecule has 1 aliphatic carbocycles. The van der Waals surface area contributed by atoms with Gasteiger partial charge in [-0.1, -0.05) is 0 Å². The Kier molecular flexibility index (Phi) is 6.39. The molecule has 2 aliphatic rings. The lowest BCUT2D eigenvalue weighted by atomic mass is 9.90. The summed E-state index contributed by atoms with van der Waals surface area (Å²) in [5.74, 6) is 2.61. The third kappa shape index (κ3) is 4.50. The summed E-state index contributed by atoms with van der Waals surface area (Å²) in [4.78, 5) is 21.5. The molecule has 1 saturated carbocycles. The molecule has 2 aromatic rings. The maximum atomic E-state index is 12.9. The fourth-order valence-corrected chi connectivity index (χ4v) is 5.31. The molecule has 7 nitrogen and oxygen atoms in total. The molecule has 1 spiro atoms. The Morgan fingerprint density at radius 2 is 1.84 bits per heavy atom. The number of benzene rings is 1. The SMILES string of the molecule is COc1cc(OC)c(OC)cc1CN1CCC2(CC1)CC2C(=O)N(C)Cc1cscn1. The first-order valence-corrected chi connectivity index (χ1v) is 11.6. The van der Waals surface area contributed by atoms with Crippen LogP contribution in [0.5, 0.6) is 17.2 Å². The third-order valence-electron chi connectivity index (χ3n) is 6.78. The molecule has 1 aromatic heterocycles. The molecular formula is C23H31N3O4S. The fourth-order valence-electron chi connectivity index (χ4n) is 4.77. The van der Waals surface area contributed by atoms with Crippen molar-refractivity contribution in [3.63, 3.8) is 0 Å². The van der Waals surface area contributed by atoms with Crippen molar-refractivity contribution in [1.82, 2.24) is 14.8 Å². The average Bonchev–Trinajstić information content (AvgIpc) is 3.22. The van der Waals surface area contributed by atoms with Gasteiger partial charge in [0.2, 0.25) is 5.91 Å². The zero-order chi connectivity index (χ0) is 22.0. The first kappa shape index (κ1) is 21.9. The largest absolute Gasteiger partial charge is 0.496 e. The highest BCUT2D eigenvalue weighted by Crippen LogP contribution is 2.60. The van der Waals surface area contributed by atoms with Crippen LogP contribution in [0, 0.1) is 11.3 Å². The summed E-state index contributed by atoms with van der Waals surface area (Å²) in [5, 5.41) is 2.01. The lowest BCUT2D eigenvalue weighted by molar-refractivity contribution is -0.133. The first-order valence-electron chi connectivity index (χ1n) is 10.6. The van der Waals surface area contributed by atoms with E-state index in [-0.39, 0.29) is 17.2 Å². The number of carbonyl (C=O) groups excluding carboxylic acids is 1. The van der Waals surface area contributed by atoms with E-state index in [9.17, 15) is 4.79 Å². The molecule has 0 bridgehead atoms. The molecule has 8 heteroatoms. The Balaban J connectivity index is 1.34. The third-order valence-corrected chi connectivity index (χ3v) is 7.41. The molecule has 1 aromatic carbocycles. The fraction of sp³-hybridized carbons (Fsp3) is 0.565. The Morgan fingerprint density at radius 3 is 2.45 bits per heavy atom. The summed E-state index contributed by atoms with van der Waals surface area (Å²) in [5.41, 5.74) is 4.05. The smallest absolute Gasteiger partial charge is 0.226 e. The van der Waals surface area contributed by atoms with Gasteiger partial charge in [0.05, 0.1) is 39.1 Å². The Hall–Kier alpha value is -2.32. The van der Waals surface area contributed by atoms with Gasteiger partial charge >= 0.3 is 0 Å². The first-order chi connectivity index (χ1) is 15.0. The van der Waals surface area contributed by atoms with E-state index in [2.05, 4.69) is 9.88 Å². The van der Waals surface area contributed by atoms with Gasteiger partial charge in [0.1, 0.15) is 5.75 Å². The van der Waals surface area contributed by atoms with Crippen LogP contribution in [0.15, 0.2) is 23.0 Å². The highest BCUT2D eigenvalue weighted by atomic mass is 32.1. The van der Waals surface area contributed by atoms with Gasteiger partial charge in [-0.15, -0.1) is 11.3 Å². The van der Waals surface area contributed by atoms with Crippen LogP contribution < -0.4 is 14.2 Å². The lowest BCUT2D eigenvalue weighted by Gasteiger charge is -2.33. The molecule has 1 unspecified atom stereocenters. The van der Waals surface area contributed by atoms with Gasteiger partial charge in [-0.25, -0.2) is 4.98 Å². The number of amides is 1. The van der Waals surface area contributed by atoms with E-state index in [1.807, 2.05) is 35.0 Å². The van der Waals surface area contributed by atoms with Crippen LogP contribution in [-0.2, 0) is 17.9 Å². The van der Waals surface area contributed by atoms with Gasteiger partial charge in [0.15, 0.2) is 11.5 Å². The standard InChI is InChI=1S/C23H31N3O4S/c1-25(13-17-14-31-15-24-17)22(27)18-11-23(18)5-7-26(8-6-23)12-16-9-20(29-3)21(30-4)10-19(16)28-2/h9-10,14-15,18H,5-8,11-13H2,1-4H3. The number of likely N-dealkylation sites (tertiary alicyclic amines) is 1. The minimum atomic E-state index is 0.161. The molecule has 1 atom stereocenters. The predicted octanol–water partition coefficient (Wildman–Crippen LogP) is 3.43. The number of nitrogens with zero attached hydrogens (tertiary/aromatic N) is 3. The number of ether oxygens (including phenoxy) is 3. The average molecular weight is 446 g/mol. The van der Waals surface area contributed by atoms with Gasteiger partial charge in [0.25, 0.3) is 0 Å². The minimum Gasteiger partial charge on any atom is -0.496 e. The quantitative estimate of drug-likeness (QED) is 0.620. The van der Waals surface area contributed by atoms with Crippen LogP contribution >= 0.6 is 11.3 Å². The zero-order valence-corrected chi connectivity index (χ0v) is 19.5. The van der Waals surface area contributed by atoms with E-state index in [1.54, 1.807) is 32.7 Å². The summed E-state index contributed by atoms with van der Waals surface area (Å²) in [6.45, 7) is 3.36. The monoisotopic (exact) mass is 445 g/mol. The van der Waals surface area contributed by atoms with Crippen LogP contribution in [0.2, 0.25) is 0 Å². The maximum Gasteiger partial charge on any atom is 0.226 e. The summed E-state index contributed by atoms with van der Waals surface area (Å²) in [6, 6.07) is 3.88. The van der Waals surface area contributed by atoms with Crippen molar-refractivity contribution < 1.29 is 19.0 Å². The van der Waals surface area contributed by atoms with Crippen molar-refractivity contribution in [2.24, 2.45) is 11.3 Å². The Bertz CT molecular complexity index is 910. The second-order valence-electron chi connectivity index (χ2n) is 8.59. The highest BCUT2D eigenvalue weighted by Gasteiger charge is 2.59. The molecule has 168 valence electrons. The number of hydrogen-bond donors (Lipinski definition) is 0. The van der Waals surface area contributed by atoms with Crippen molar-refractivity contribution in [3.8, 4) is 17.2 Å². The van der Waals surface area contributed by atoms with Crippen LogP contribution in [0.25, 0.3) is 0 Å². The topological polar surface area (TPSA) is 64.1 Å². The summed E-state index contributed by atoms with van der Waals surface area (Å²) < 4.78 is 16.4. The number of rotatable bonds is 8. The Labute approximate surface area is 187 Å². The van der Waals surface area contributed by atoms with Gasteiger partial charge in [-0.3, -0.25) is 9.69 Å². The zero-order valence-electron chi connectivity index (χ0n) is 18.7. The van der Waals surface area contributed by atoms with Crippen LogP contribution in [-0.4, -0.2) is 62.2 Å². The summed E-state index contributed by atoms with van der Waals surface area (Å²) in [6.07, 6.45) is 3.13. The van der Waals surface area contributed by atoms with Crippen LogP contribution in [0.3, 0.4) is 0 Å². The van der Waals surface area contributed by atoms with E-state index in [1.165, 1.54) is 0 Å². The maximum absolute atomic E-state index is 12.9. The second-order valence-corrected chi connectivity index (χ2v) is 9.31. The van der Waals surface area contributed by atoms with Crippen molar-refractivity contribution in [1.29, 1.82) is 0 Å². The minimum absolute atomic E-state index is 0.161. The van der Waals surface area contributed by atoms with E-state index < -0.39 is 0 Å². The van der Waals surface area contributed by atoms with Crippen molar-refractivity contribution in [2.75, 3.05) is 41.5 Å². The van der Waals surface area contributed by atoms with Crippen LogP contribution in [0.4, 0.5) is 0 Å². The number of piperidine rings is 1. The summed E-state index contributed by atoms with van der Waals surface area (Å²) >= 11 is 1.57. The van der Waals surface area contributed by atoms with E-state index >= 15 is 0 Å². The lowest BCUT2D eigenvalue weighted by Crippen LogP contribution is -2.37. The molecule has 1 aliphatic heterocycles. The molecular weight excluding hydrogens is 414 g/mol. The molecule has 1 saturated heterocycles. The van der Waals surface area contributed by atoms with Gasteiger partial charge in [0, 0.05) is 36.5 Å². The van der Waals surface area contributed by atoms with Crippen LogP contribution in [0.1, 0.15) is 30.5 Å². The predicted molar refractivity (Wildman–Crippen MR) is 120 cm³/mol. The van der Waals surface area contributed by atoms with Crippen molar-refractivity contribution in [2.45, 2.75) is 32.4 Å². The molecule has 2 heterocycles. The molecule has 4 rings (SSSR count). The van der Waals surface area contributed by atoms with Crippen molar-refractivity contribution >= 4 is 17.2 Å². The molecule has 0 N–H and O–H groups in total. The molecule has 1 amide bonds. The normalized spacial score (nSPS) is 19.8. The molecule has 31 heavy (non-hydrogen) atoms. The number of aromatic nitrogens is 1. The molecule has 0 radical (unpaired) electrons. The summed E-state index contributed by atoms with van der Waals surface area (Å²) in [7, 11) is 6.85. The number of methoxy groups -OCH3 is 3.